The third kappa shape index (κ3) is 8.09. The lowest BCUT2D eigenvalue weighted by Crippen LogP contribution is -2.35. The van der Waals surface area contributed by atoms with Gasteiger partial charge < -0.3 is 15.8 Å². The molecule has 0 bridgehead atoms. The highest BCUT2D eigenvalue weighted by molar-refractivity contribution is 14.0. The maximum absolute atomic E-state index is 5.87. The molecule has 0 aromatic carbocycles. The van der Waals surface area contributed by atoms with Gasteiger partial charge in [0.15, 0.2) is 5.96 Å². The minimum absolute atomic E-state index is 0. The molecule has 0 amide bonds. The van der Waals surface area contributed by atoms with Gasteiger partial charge in [0.05, 0.1) is 12.6 Å². The number of hydrogen-bond acceptors (Lipinski definition) is 2. The summed E-state index contributed by atoms with van der Waals surface area (Å²) >= 11 is 0. The molecule has 0 radical (unpaired) electrons. The molecule has 1 unspecified atom stereocenters. The van der Waals surface area contributed by atoms with Crippen molar-refractivity contribution in [2.45, 2.75) is 52.1 Å². The third-order valence-electron chi connectivity index (χ3n) is 3.56. The molecule has 20 heavy (non-hydrogen) atoms. The topological polar surface area (TPSA) is 59.6 Å². The summed E-state index contributed by atoms with van der Waals surface area (Å²) in [6.07, 6.45) is 6.69. The van der Waals surface area contributed by atoms with E-state index >= 15 is 0 Å². The van der Waals surface area contributed by atoms with Crippen molar-refractivity contribution in [3.05, 3.63) is 12.2 Å². The van der Waals surface area contributed by atoms with E-state index < -0.39 is 0 Å². The Labute approximate surface area is 140 Å². The fourth-order valence-corrected chi connectivity index (χ4v) is 2.62. The molecule has 4 nitrogen and oxygen atoms in total. The molecule has 1 aliphatic rings. The monoisotopic (exact) mass is 395 g/mol. The molecule has 1 aliphatic carbocycles. The van der Waals surface area contributed by atoms with Crippen molar-refractivity contribution < 1.29 is 4.74 Å². The van der Waals surface area contributed by atoms with Crippen molar-refractivity contribution in [3.8, 4) is 0 Å². The lowest BCUT2D eigenvalue weighted by Gasteiger charge is -2.23. The summed E-state index contributed by atoms with van der Waals surface area (Å²) < 4.78 is 5.87. The summed E-state index contributed by atoms with van der Waals surface area (Å²) in [5.74, 6) is 1.24. The smallest absolute Gasteiger partial charge is 0.188 e. The normalized spacial score (nSPS) is 17.6. The fraction of sp³-hybridized carbons (Fsp3) is 0.800. The Hall–Kier alpha value is -0.300. The minimum Gasteiger partial charge on any atom is -0.378 e. The number of rotatable bonds is 8. The van der Waals surface area contributed by atoms with E-state index in [2.05, 4.69) is 23.8 Å². The summed E-state index contributed by atoms with van der Waals surface area (Å²) in [5.41, 5.74) is 6.81. The molecule has 1 fully saturated rings. The zero-order valence-electron chi connectivity index (χ0n) is 12.9. The van der Waals surface area contributed by atoms with Gasteiger partial charge in [-0.15, -0.1) is 24.0 Å². The number of ether oxygens (including phenoxy) is 1. The van der Waals surface area contributed by atoms with E-state index in [-0.39, 0.29) is 24.0 Å². The first-order valence-corrected chi connectivity index (χ1v) is 7.43. The highest BCUT2D eigenvalue weighted by atomic mass is 127. The number of nitrogens with one attached hydrogen (secondary N) is 1. The molecule has 5 heteroatoms. The first-order valence-electron chi connectivity index (χ1n) is 7.43. The molecule has 1 rings (SSSR count). The number of nitrogens with two attached hydrogens (primary N) is 1. The van der Waals surface area contributed by atoms with Crippen molar-refractivity contribution in [2.75, 3.05) is 19.7 Å². The number of guanidine groups is 1. The average molecular weight is 395 g/mol. The van der Waals surface area contributed by atoms with Gasteiger partial charge in [-0.1, -0.05) is 25.0 Å². The van der Waals surface area contributed by atoms with Gasteiger partial charge in [0.1, 0.15) is 0 Å². The Bertz CT molecular complexity index is 301. The van der Waals surface area contributed by atoms with E-state index in [1.165, 1.54) is 25.7 Å². The zero-order valence-corrected chi connectivity index (χ0v) is 15.2. The summed E-state index contributed by atoms with van der Waals surface area (Å²) in [4.78, 5) is 4.21. The Balaban J connectivity index is 0.00000361. The van der Waals surface area contributed by atoms with Gasteiger partial charge in [-0.25, -0.2) is 4.99 Å². The van der Waals surface area contributed by atoms with E-state index in [1.807, 2.05) is 6.92 Å². The van der Waals surface area contributed by atoms with Crippen molar-refractivity contribution in [1.82, 2.24) is 5.32 Å². The molecule has 0 aromatic rings. The highest BCUT2D eigenvalue weighted by Crippen LogP contribution is 2.30. The number of hydrogen-bond donors (Lipinski definition) is 2. The number of aliphatic imine (C=N–C) groups is 1. The Kier molecular flexibility index (Phi) is 11.2. The maximum atomic E-state index is 5.87. The SMILES string of the molecule is C=C(C)CN=C(N)NCCC(OCC)C1CCCC1.I. The van der Waals surface area contributed by atoms with Gasteiger partial charge in [0, 0.05) is 13.2 Å². The van der Waals surface area contributed by atoms with E-state index in [4.69, 9.17) is 10.5 Å². The van der Waals surface area contributed by atoms with Crippen LogP contribution >= 0.6 is 24.0 Å². The van der Waals surface area contributed by atoms with Crippen LogP contribution < -0.4 is 11.1 Å². The molecule has 0 aliphatic heterocycles. The van der Waals surface area contributed by atoms with Crippen molar-refractivity contribution in [1.29, 1.82) is 0 Å². The molecule has 1 saturated carbocycles. The molecule has 0 spiro atoms. The second-order valence-electron chi connectivity index (χ2n) is 5.41. The van der Waals surface area contributed by atoms with Crippen LogP contribution in [0.1, 0.15) is 46.0 Å². The summed E-state index contributed by atoms with van der Waals surface area (Å²) in [7, 11) is 0. The zero-order chi connectivity index (χ0) is 14.1. The van der Waals surface area contributed by atoms with E-state index in [9.17, 15) is 0 Å². The fourth-order valence-electron chi connectivity index (χ4n) is 2.62. The largest absolute Gasteiger partial charge is 0.378 e. The van der Waals surface area contributed by atoms with Crippen LogP contribution in [-0.2, 0) is 4.74 Å². The van der Waals surface area contributed by atoms with Crippen LogP contribution in [0.5, 0.6) is 0 Å². The molecular weight excluding hydrogens is 365 g/mol. The van der Waals surface area contributed by atoms with Crippen molar-refractivity contribution in [3.63, 3.8) is 0 Å². The summed E-state index contributed by atoms with van der Waals surface area (Å²) in [6.45, 7) is 10.0. The standard InChI is InChI=1S/C15H29N3O.HI/c1-4-19-14(13-7-5-6-8-13)9-10-17-15(16)18-11-12(2)3;/h13-14H,2,4-11H2,1,3H3,(H3,16,17,18);1H. The second-order valence-corrected chi connectivity index (χ2v) is 5.41. The van der Waals surface area contributed by atoms with Crippen LogP contribution in [0, 0.1) is 5.92 Å². The van der Waals surface area contributed by atoms with E-state index in [1.54, 1.807) is 0 Å². The van der Waals surface area contributed by atoms with Crippen LogP contribution in [0.3, 0.4) is 0 Å². The van der Waals surface area contributed by atoms with Gasteiger partial charge in [0.25, 0.3) is 0 Å². The maximum Gasteiger partial charge on any atom is 0.188 e. The minimum atomic E-state index is 0. The predicted molar refractivity (Wildman–Crippen MR) is 96.7 cm³/mol. The van der Waals surface area contributed by atoms with Gasteiger partial charge >= 0.3 is 0 Å². The number of halogens is 1. The quantitative estimate of drug-likeness (QED) is 0.288. The lowest BCUT2D eigenvalue weighted by atomic mass is 9.98. The van der Waals surface area contributed by atoms with E-state index in [0.717, 1.165) is 31.1 Å². The van der Waals surface area contributed by atoms with Crippen LogP contribution in [0.2, 0.25) is 0 Å². The van der Waals surface area contributed by atoms with Gasteiger partial charge in [-0.05, 0) is 39.0 Å². The third-order valence-corrected chi connectivity index (χ3v) is 3.56. The molecule has 3 N–H and O–H groups in total. The Morgan fingerprint density at radius 3 is 2.65 bits per heavy atom. The molecule has 0 heterocycles. The molecule has 0 aromatic heterocycles. The van der Waals surface area contributed by atoms with Gasteiger partial charge in [-0.2, -0.15) is 0 Å². The van der Waals surface area contributed by atoms with Crippen LogP contribution in [-0.4, -0.2) is 31.8 Å². The average Bonchev–Trinajstić information content (AvgIpc) is 2.89. The van der Waals surface area contributed by atoms with Crippen LogP contribution in [0.25, 0.3) is 0 Å². The van der Waals surface area contributed by atoms with Gasteiger partial charge in [0.2, 0.25) is 0 Å². The second kappa shape index (κ2) is 11.4. The lowest BCUT2D eigenvalue weighted by molar-refractivity contribution is 0.0170. The number of nitrogens with zero attached hydrogens (tertiary/aromatic N) is 1. The summed E-state index contributed by atoms with van der Waals surface area (Å²) in [6, 6.07) is 0. The molecule has 1 atom stereocenters. The van der Waals surface area contributed by atoms with Crippen LogP contribution in [0.15, 0.2) is 17.1 Å². The molecule has 118 valence electrons. The van der Waals surface area contributed by atoms with Crippen LogP contribution in [0.4, 0.5) is 0 Å². The molecule has 0 saturated heterocycles. The molecular formula is C15H30IN3O. The van der Waals surface area contributed by atoms with E-state index in [0.29, 0.717) is 18.6 Å². The highest BCUT2D eigenvalue weighted by Gasteiger charge is 2.24. The Morgan fingerprint density at radius 1 is 1.45 bits per heavy atom. The summed E-state index contributed by atoms with van der Waals surface area (Å²) in [5, 5.41) is 3.16. The Morgan fingerprint density at radius 2 is 2.10 bits per heavy atom. The van der Waals surface area contributed by atoms with Gasteiger partial charge in [-0.3, -0.25) is 0 Å². The predicted octanol–water partition coefficient (Wildman–Crippen LogP) is 3.07. The van der Waals surface area contributed by atoms with Crippen molar-refractivity contribution >= 4 is 29.9 Å². The van der Waals surface area contributed by atoms with Crippen molar-refractivity contribution in [2.24, 2.45) is 16.6 Å². The first-order chi connectivity index (χ1) is 9.13. The first kappa shape index (κ1) is 19.7.